The van der Waals surface area contributed by atoms with Crippen molar-refractivity contribution in [3.8, 4) is 0 Å². The number of halogens is 1. The summed E-state index contributed by atoms with van der Waals surface area (Å²) in [6.07, 6.45) is 3.39. The molecule has 3 aromatic rings. The first-order valence-electron chi connectivity index (χ1n) is 8.62. The molecule has 3 heteroatoms. The first kappa shape index (κ1) is 15.6. The Kier molecular flexibility index (Phi) is 4.50. The van der Waals surface area contributed by atoms with E-state index in [4.69, 9.17) is 16.6 Å². The van der Waals surface area contributed by atoms with Gasteiger partial charge in [0.1, 0.15) is 0 Å². The van der Waals surface area contributed by atoms with Crippen LogP contribution in [-0.4, -0.2) is 23.0 Å². The molecule has 24 heavy (non-hydrogen) atoms. The van der Waals surface area contributed by atoms with E-state index in [0.29, 0.717) is 0 Å². The van der Waals surface area contributed by atoms with Crippen molar-refractivity contribution in [3.05, 3.63) is 76.4 Å². The summed E-state index contributed by atoms with van der Waals surface area (Å²) < 4.78 is 0. The normalized spacial score (nSPS) is 14.7. The molecule has 0 unspecified atom stereocenters. The molecule has 1 aliphatic rings. The second-order valence-corrected chi connectivity index (χ2v) is 6.98. The zero-order valence-electron chi connectivity index (χ0n) is 13.7. The van der Waals surface area contributed by atoms with Gasteiger partial charge in [0.05, 0.1) is 5.52 Å². The topological polar surface area (TPSA) is 16.1 Å². The molecule has 122 valence electrons. The van der Waals surface area contributed by atoms with Crippen LogP contribution in [0.3, 0.4) is 0 Å². The van der Waals surface area contributed by atoms with Gasteiger partial charge in [0.2, 0.25) is 0 Å². The van der Waals surface area contributed by atoms with Gasteiger partial charge in [-0.05, 0) is 54.8 Å². The maximum Gasteiger partial charge on any atom is 0.0706 e. The molecule has 0 radical (unpaired) electrons. The van der Waals surface area contributed by atoms with E-state index >= 15 is 0 Å². The van der Waals surface area contributed by atoms with Gasteiger partial charge in [-0.25, -0.2) is 0 Å². The van der Waals surface area contributed by atoms with E-state index < -0.39 is 0 Å². The van der Waals surface area contributed by atoms with Crippen LogP contribution in [0.15, 0.2) is 54.6 Å². The molecule has 0 bridgehead atoms. The zero-order valence-corrected chi connectivity index (χ0v) is 14.5. The predicted octanol–water partition coefficient (Wildman–Crippen LogP) is 4.88. The Hall–Kier alpha value is -1.90. The summed E-state index contributed by atoms with van der Waals surface area (Å²) in [4.78, 5) is 7.38. The Balaban J connectivity index is 1.43. The molecule has 0 N–H and O–H groups in total. The van der Waals surface area contributed by atoms with Crippen molar-refractivity contribution in [2.24, 2.45) is 0 Å². The van der Waals surface area contributed by atoms with Crippen LogP contribution in [0, 0.1) is 0 Å². The molecule has 1 aromatic heterocycles. The highest BCUT2D eigenvalue weighted by atomic mass is 35.5. The van der Waals surface area contributed by atoms with Crippen LogP contribution < -0.4 is 0 Å². The second kappa shape index (κ2) is 6.92. The number of pyridine rings is 1. The van der Waals surface area contributed by atoms with Gasteiger partial charge < -0.3 is 0 Å². The fourth-order valence-corrected chi connectivity index (χ4v) is 3.69. The molecule has 2 heterocycles. The number of rotatable bonds is 4. The molecule has 0 fully saturated rings. The number of hydrogen-bond donors (Lipinski definition) is 0. The van der Waals surface area contributed by atoms with Gasteiger partial charge in [-0.2, -0.15) is 0 Å². The number of fused-ring (bicyclic) bond motifs is 2. The van der Waals surface area contributed by atoms with E-state index in [1.165, 1.54) is 23.2 Å². The number of aromatic nitrogens is 1. The Bertz CT molecular complexity index is 845. The Morgan fingerprint density at radius 3 is 2.79 bits per heavy atom. The quantitative estimate of drug-likeness (QED) is 0.675. The highest BCUT2D eigenvalue weighted by molar-refractivity contribution is 6.31. The molecule has 2 aromatic carbocycles. The number of aryl methyl sites for hydroxylation is 1. The van der Waals surface area contributed by atoms with E-state index in [0.717, 1.165) is 48.4 Å². The lowest BCUT2D eigenvalue weighted by molar-refractivity contribution is 0.249. The number of benzene rings is 2. The van der Waals surface area contributed by atoms with Crippen LogP contribution in [0.25, 0.3) is 10.9 Å². The summed E-state index contributed by atoms with van der Waals surface area (Å²) in [6, 6.07) is 19.0. The van der Waals surface area contributed by atoms with Crippen LogP contribution in [0.2, 0.25) is 5.02 Å². The molecule has 4 rings (SSSR count). The maximum absolute atomic E-state index is 6.12. The number of nitrogens with zero attached hydrogens (tertiary/aromatic N) is 2. The third kappa shape index (κ3) is 3.45. The lowest BCUT2D eigenvalue weighted by Crippen LogP contribution is -2.32. The smallest absolute Gasteiger partial charge is 0.0706 e. The largest absolute Gasteiger partial charge is 0.299 e. The Morgan fingerprint density at radius 1 is 1.04 bits per heavy atom. The van der Waals surface area contributed by atoms with Crippen molar-refractivity contribution in [1.82, 2.24) is 9.88 Å². The van der Waals surface area contributed by atoms with Crippen LogP contribution >= 0.6 is 11.6 Å². The van der Waals surface area contributed by atoms with Crippen LogP contribution in [0.4, 0.5) is 0 Å². The first-order valence-corrected chi connectivity index (χ1v) is 9.00. The Labute approximate surface area is 148 Å². The van der Waals surface area contributed by atoms with Crippen LogP contribution in [0.5, 0.6) is 0 Å². The fraction of sp³-hybridized carbons (Fsp3) is 0.286. The summed E-state index contributed by atoms with van der Waals surface area (Å²) in [5.74, 6) is 0. The Morgan fingerprint density at radius 2 is 1.92 bits per heavy atom. The lowest BCUT2D eigenvalue weighted by Gasteiger charge is -2.28. The van der Waals surface area contributed by atoms with Crippen molar-refractivity contribution in [3.63, 3.8) is 0 Å². The monoisotopic (exact) mass is 336 g/mol. The minimum Gasteiger partial charge on any atom is -0.299 e. The molecule has 2 nitrogen and oxygen atoms in total. The molecule has 0 spiro atoms. The molecular formula is C21H21ClN2. The summed E-state index contributed by atoms with van der Waals surface area (Å²) in [5, 5.41) is 1.92. The lowest BCUT2D eigenvalue weighted by atomic mass is 10.0. The van der Waals surface area contributed by atoms with Crippen molar-refractivity contribution in [1.29, 1.82) is 0 Å². The van der Waals surface area contributed by atoms with E-state index in [-0.39, 0.29) is 0 Å². The highest BCUT2D eigenvalue weighted by Gasteiger charge is 2.17. The SMILES string of the molecule is Clc1ccc2nc3c(cc2c1)CN(CCCc1ccccc1)CC3. The van der Waals surface area contributed by atoms with Crippen LogP contribution in [0.1, 0.15) is 23.2 Å². The summed E-state index contributed by atoms with van der Waals surface area (Å²) >= 11 is 6.12. The minimum atomic E-state index is 0.778. The van der Waals surface area contributed by atoms with Gasteiger partial charge >= 0.3 is 0 Å². The average molecular weight is 337 g/mol. The standard InChI is InChI=1S/C21H21ClN2/c22-19-8-9-20-17(14-19)13-18-15-24(12-10-21(18)23-20)11-4-7-16-5-2-1-3-6-16/h1-3,5-6,8-9,13-14H,4,7,10-12,15H2. The summed E-state index contributed by atoms with van der Waals surface area (Å²) in [6.45, 7) is 3.25. The van der Waals surface area contributed by atoms with Crippen molar-refractivity contribution in [2.45, 2.75) is 25.8 Å². The second-order valence-electron chi connectivity index (χ2n) is 6.55. The fourth-order valence-electron chi connectivity index (χ4n) is 3.51. The van der Waals surface area contributed by atoms with Gasteiger partial charge in [0.15, 0.2) is 0 Å². The average Bonchev–Trinajstić information content (AvgIpc) is 2.61. The molecule has 0 amide bonds. The first-order chi connectivity index (χ1) is 11.8. The van der Waals surface area contributed by atoms with Gasteiger partial charge in [-0.3, -0.25) is 9.88 Å². The van der Waals surface area contributed by atoms with E-state index in [9.17, 15) is 0 Å². The van der Waals surface area contributed by atoms with Gasteiger partial charge in [0.25, 0.3) is 0 Å². The van der Waals surface area contributed by atoms with Crippen molar-refractivity contribution < 1.29 is 0 Å². The summed E-state index contributed by atoms with van der Waals surface area (Å²) in [5.41, 5.74) is 5.09. The summed E-state index contributed by atoms with van der Waals surface area (Å²) in [7, 11) is 0. The third-order valence-electron chi connectivity index (χ3n) is 4.79. The van der Waals surface area contributed by atoms with Crippen molar-refractivity contribution in [2.75, 3.05) is 13.1 Å². The minimum absolute atomic E-state index is 0.778. The van der Waals surface area contributed by atoms with E-state index in [2.05, 4.69) is 41.3 Å². The molecular weight excluding hydrogens is 316 g/mol. The zero-order chi connectivity index (χ0) is 16.4. The van der Waals surface area contributed by atoms with Gasteiger partial charge in [0, 0.05) is 35.6 Å². The van der Waals surface area contributed by atoms with Gasteiger partial charge in [-0.15, -0.1) is 0 Å². The highest BCUT2D eigenvalue weighted by Crippen LogP contribution is 2.24. The van der Waals surface area contributed by atoms with E-state index in [1.807, 2.05) is 18.2 Å². The van der Waals surface area contributed by atoms with E-state index in [1.54, 1.807) is 0 Å². The maximum atomic E-state index is 6.12. The molecule has 1 aliphatic heterocycles. The van der Waals surface area contributed by atoms with Crippen LogP contribution in [-0.2, 0) is 19.4 Å². The molecule has 0 saturated heterocycles. The molecule has 0 atom stereocenters. The van der Waals surface area contributed by atoms with Gasteiger partial charge in [-0.1, -0.05) is 41.9 Å². The van der Waals surface area contributed by atoms with Crippen molar-refractivity contribution >= 4 is 22.5 Å². The molecule has 0 aliphatic carbocycles. The third-order valence-corrected chi connectivity index (χ3v) is 5.02. The number of hydrogen-bond acceptors (Lipinski definition) is 2. The molecule has 0 saturated carbocycles. The predicted molar refractivity (Wildman–Crippen MR) is 100 cm³/mol.